The summed E-state index contributed by atoms with van der Waals surface area (Å²) in [5.74, 6) is -1.97. The monoisotopic (exact) mass is 442 g/mol. The van der Waals surface area contributed by atoms with E-state index in [1.165, 1.54) is 12.0 Å². The van der Waals surface area contributed by atoms with E-state index in [4.69, 9.17) is 20.9 Å². The Morgan fingerprint density at radius 1 is 1.31 bits per heavy atom. The van der Waals surface area contributed by atoms with E-state index in [-0.39, 0.29) is 17.5 Å². The van der Waals surface area contributed by atoms with E-state index in [0.29, 0.717) is 24.0 Å². The maximum atomic E-state index is 14.0. The molecule has 5 N–H and O–H groups in total. The van der Waals surface area contributed by atoms with Crippen molar-refractivity contribution < 1.29 is 23.9 Å². The number of rotatable bonds is 7. The number of likely N-dealkylation sites (tertiary alicyclic amines) is 1. The van der Waals surface area contributed by atoms with E-state index >= 15 is 0 Å². The van der Waals surface area contributed by atoms with Gasteiger partial charge in [-0.15, -0.1) is 0 Å². The number of aromatic nitrogens is 1. The Balaban J connectivity index is 1.91. The first-order valence-electron chi connectivity index (χ1n) is 10.9. The number of nitrogens with one attached hydrogen (secondary N) is 1. The van der Waals surface area contributed by atoms with Crippen LogP contribution in [0.1, 0.15) is 36.7 Å². The van der Waals surface area contributed by atoms with Gasteiger partial charge >= 0.3 is 0 Å². The molecule has 2 amide bonds. The van der Waals surface area contributed by atoms with E-state index in [2.05, 4.69) is 4.98 Å². The predicted molar refractivity (Wildman–Crippen MR) is 118 cm³/mol. The Bertz CT molecular complexity index is 1050. The number of benzene rings is 1. The van der Waals surface area contributed by atoms with Gasteiger partial charge in [0.15, 0.2) is 0 Å². The minimum Gasteiger partial charge on any atom is -0.496 e. The molecule has 1 aliphatic carbocycles. The fourth-order valence-electron chi connectivity index (χ4n) is 6.07. The van der Waals surface area contributed by atoms with Crippen molar-refractivity contribution in [3.8, 4) is 5.75 Å². The average molecular weight is 443 g/mol. The zero-order valence-corrected chi connectivity index (χ0v) is 18.5. The minimum absolute atomic E-state index is 0.114. The molecule has 0 bridgehead atoms. The summed E-state index contributed by atoms with van der Waals surface area (Å²) in [6.07, 6.45) is 2.26. The summed E-state index contributed by atoms with van der Waals surface area (Å²) in [6.45, 7) is 1.66. The third-order valence-electron chi connectivity index (χ3n) is 7.30. The number of carbonyl (C=O) groups is 3. The maximum Gasteiger partial charge on any atom is 0.273 e. The van der Waals surface area contributed by atoms with Crippen molar-refractivity contribution in [3.05, 3.63) is 30.0 Å². The normalized spacial score (nSPS) is 29.0. The highest BCUT2D eigenvalue weighted by molar-refractivity contribution is 6.03. The molecular formula is C23H30N4O5. The number of hydrogen-bond donors (Lipinski definition) is 3. The third-order valence-corrected chi connectivity index (χ3v) is 7.30. The van der Waals surface area contributed by atoms with E-state index in [1.54, 1.807) is 26.2 Å². The summed E-state index contributed by atoms with van der Waals surface area (Å²) in [5, 5.41) is 0.732. The molecule has 4 rings (SSSR count). The topological polar surface area (TPSA) is 141 Å². The molecular weight excluding hydrogens is 412 g/mol. The van der Waals surface area contributed by atoms with Crippen molar-refractivity contribution in [2.24, 2.45) is 29.2 Å². The van der Waals surface area contributed by atoms with Crippen LogP contribution in [0.3, 0.4) is 0 Å². The van der Waals surface area contributed by atoms with Crippen LogP contribution in [0.5, 0.6) is 5.75 Å². The smallest absolute Gasteiger partial charge is 0.273 e. The molecule has 32 heavy (non-hydrogen) atoms. The number of fused-ring (bicyclic) bond motifs is 2. The lowest BCUT2D eigenvalue weighted by Gasteiger charge is -2.45. The number of primary amides is 1. The highest BCUT2D eigenvalue weighted by atomic mass is 16.5. The molecule has 172 valence electrons. The SMILES string of the molecule is COc1cccc2[nH]c(C(=O)N3C(OC)C4CCCC4C3(C(N)=O)C(C=O)C(C)N)cc12. The molecule has 1 aromatic carbocycles. The van der Waals surface area contributed by atoms with Crippen LogP contribution in [0.15, 0.2) is 24.3 Å². The summed E-state index contributed by atoms with van der Waals surface area (Å²) in [4.78, 5) is 43.9. The lowest BCUT2D eigenvalue weighted by atomic mass is 9.69. The third kappa shape index (κ3) is 2.95. The molecule has 1 aliphatic heterocycles. The molecule has 2 aromatic rings. The highest BCUT2D eigenvalue weighted by Crippen LogP contribution is 2.55. The van der Waals surface area contributed by atoms with Gasteiger partial charge in [0.2, 0.25) is 5.91 Å². The van der Waals surface area contributed by atoms with E-state index in [1.807, 2.05) is 12.1 Å². The first-order chi connectivity index (χ1) is 15.3. The molecule has 0 spiro atoms. The van der Waals surface area contributed by atoms with Crippen LogP contribution in [0, 0.1) is 17.8 Å². The van der Waals surface area contributed by atoms with Crippen LogP contribution in [0.2, 0.25) is 0 Å². The molecule has 9 heteroatoms. The Hall–Kier alpha value is -2.91. The number of H-pyrrole nitrogens is 1. The molecule has 1 saturated carbocycles. The van der Waals surface area contributed by atoms with Crippen molar-refractivity contribution in [1.29, 1.82) is 0 Å². The average Bonchev–Trinajstić information content (AvgIpc) is 3.47. The van der Waals surface area contributed by atoms with Crippen molar-refractivity contribution in [3.63, 3.8) is 0 Å². The molecule has 6 atom stereocenters. The number of ether oxygens (including phenoxy) is 2. The first-order valence-corrected chi connectivity index (χ1v) is 10.9. The second kappa shape index (κ2) is 8.22. The van der Waals surface area contributed by atoms with Crippen molar-refractivity contribution in [1.82, 2.24) is 9.88 Å². The molecule has 1 aromatic heterocycles. The van der Waals surface area contributed by atoms with Crippen LogP contribution in [-0.4, -0.2) is 60.0 Å². The lowest BCUT2D eigenvalue weighted by molar-refractivity contribution is -0.142. The van der Waals surface area contributed by atoms with Gasteiger partial charge in [-0.1, -0.05) is 12.5 Å². The number of aldehydes is 1. The Kier molecular flexibility index (Phi) is 5.72. The zero-order chi connectivity index (χ0) is 23.2. The molecule has 6 unspecified atom stereocenters. The molecule has 2 fully saturated rings. The van der Waals surface area contributed by atoms with Gasteiger partial charge in [-0.05, 0) is 43.9 Å². The standard InChI is InChI=1S/C23H30N4O5/c1-12(24)16(11-28)23(22(25)30)15-7-4-6-13(15)21(32-3)27(23)20(29)18-10-14-17(26-18)8-5-9-19(14)31-2/h5,8-13,15-16,21,26H,4,6-7,24H2,1-3H3,(H2,25,30). The number of methoxy groups -OCH3 is 2. The van der Waals surface area contributed by atoms with Gasteiger partial charge in [0.05, 0.1) is 13.0 Å². The van der Waals surface area contributed by atoms with Gasteiger partial charge in [-0.3, -0.25) is 14.5 Å². The summed E-state index contributed by atoms with van der Waals surface area (Å²) in [5.41, 5.74) is 11.6. The van der Waals surface area contributed by atoms with Crippen LogP contribution in [-0.2, 0) is 14.3 Å². The molecule has 0 radical (unpaired) electrons. The highest BCUT2D eigenvalue weighted by Gasteiger charge is 2.68. The van der Waals surface area contributed by atoms with Crippen molar-refractivity contribution in [2.45, 2.75) is 44.0 Å². The summed E-state index contributed by atoms with van der Waals surface area (Å²) in [7, 11) is 3.06. The minimum atomic E-state index is -1.57. The lowest BCUT2D eigenvalue weighted by Crippen LogP contribution is -2.68. The van der Waals surface area contributed by atoms with Crippen LogP contribution in [0.4, 0.5) is 0 Å². The second-order valence-electron chi connectivity index (χ2n) is 8.82. The van der Waals surface area contributed by atoms with Gasteiger partial charge in [0.1, 0.15) is 29.5 Å². The van der Waals surface area contributed by atoms with E-state index in [9.17, 15) is 14.4 Å². The zero-order valence-electron chi connectivity index (χ0n) is 18.5. The van der Waals surface area contributed by atoms with Gasteiger partial charge in [-0.2, -0.15) is 0 Å². The van der Waals surface area contributed by atoms with E-state index in [0.717, 1.165) is 18.2 Å². The number of nitrogens with zero attached hydrogens (tertiary/aromatic N) is 1. The van der Waals surface area contributed by atoms with Gasteiger partial charge in [0.25, 0.3) is 5.91 Å². The largest absolute Gasteiger partial charge is 0.496 e. The van der Waals surface area contributed by atoms with Crippen LogP contribution >= 0.6 is 0 Å². The Labute approximate surface area is 186 Å². The van der Waals surface area contributed by atoms with Crippen molar-refractivity contribution >= 4 is 29.0 Å². The van der Waals surface area contributed by atoms with Crippen LogP contribution in [0.25, 0.3) is 10.9 Å². The number of hydrogen-bond acceptors (Lipinski definition) is 6. The summed E-state index contributed by atoms with van der Waals surface area (Å²) in [6, 6.07) is 6.45. The molecule has 2 aliphatic rings. The maximum absolute atomic E-state index is 14.0. The predicted octanol–water partition coefficient (Wildman–Crippen LogP) is 1.41. The van der Waals surface area contributed by atoms with E-state index < -0.39 is 35.5 Å². The fourth-order valence-corrected chi connectivity index (χ4v) is 6.07. The molecule has 1 saturated heterocycles. The van der Waals surface area contributed by atoms with Gasteiger partial charge < -0.3 is 30.7 Å². The number of nitrogens with two attached hydrogens (primary N) is 2. The first kappa shape index (κ1) is 22.3. The fraction of sp³-hybridized carbons (Fsp3) is 0.522. The Morgan fingerprint density at radius 2 is 2.06 bits per heavy atom. The Morgan fingerprint density at radius 3 is 2.66 bits per heavy atom. The summed E-state index contributed by atoms with van der Waals surface area (Å²) < 4.78 is 11.2. The molecule has 9 nitrogen and oxygen atoms in total. The number of carbonyl (C=O) groups excluding carboxylic acids is 3. The van der Waals surface area contributed by atoms with Gasteiger partial charge in [-0.25, -0.2) is 0 Å². The number of aromatic amines is 1. The second-order valence-corrected chi connectivity index (χ2v) is 8.82. The van der Waals surface area contributed by atoms with Crippen molar-refractivity contribution in [2.75, 3.05) is 14.2 Å². The van der Waals surface area contributed by atoms with Crippen LogP contribution < -0.4 is 16.2 Å². The number of amides is 2. The quantitative estimate of drug-likeness (QED) is 0.554. The summed E-state index contributed by atoms with van der Waals surface area (Å²) >= 11 is 0. The molecule has 2 heterocycles. The van der Waals surface area contributed by atoms with Gasteiger partial charge in [0, 0.05) is 30.0 Å².